The summed E-state index contributed by atoms with van der Waals surface area (Å²) in [5.74, 6) is -3.67. The summed E-state index contributed by atoms with van der Waals surface area (Å²) in [7, 11) is 2.04. The minimum atomic E-state index is -2.10. The Kier molecular flexibility index (Phi) is 9.01. The van der Waals surface area contributed by atoms with Crippen molar-refractivity contribution in [2.45, 2.75) is 37.9 Å². The maximum Gasteiger partial charge on any atom is 0.332 e. The van der Waals surface area contributed by atoms with Crippen LogP contribution in [0.5, 0.6) is 0 Å². The van der Waals surface area contributed by atoms with Crippen molar-refractivity contribution in [3.05, 3.63) is 0 Å². The molecule has 0 bridgehead atoms. The number of nitrogens with two attached hydrogens (primary N) is 3. The van der Waals surface area contributed by atoms with E-state index in [1.807, 2.05) is 6.92 Å². The minimum absolute atomic E-state index is 0.0707. The Morgan fingerprint density at radius 2 is 1.73 bits per heavy atom. The van der Waals surface area contributed by atoms with E-state index in [1.54, 1.807) is 6.92 Å². The van der Waals surface area contributed by atoms with Crippen LogP contribution >= 0.6 is 21.6 Å². The fourth-order valence-corrected chi connectivity index (χ4v) is 3.83. The van der Waals surface area contributed by atoms with Crippen LogP contribution in [0.3, 0.4) is 0 Å². The summed E-state index contributed by atoms with van der Waals surface area (Å²) >= 11 is 0. The van der Waals surface area contributed by atoms with Crippen LogP contribution in [0.15, 0.2) is 0 Å². The van der Waals surface area contributed by atoms with Crippen LogP contribution in [0.1, 0.15) is 20.3 Å². The lowest BCUT2D eigenvalue weighted by atomic mass is 9.85. The summed E-state index contributed by atoms with van der Waals surface area (Å²) < 4.78 is 0. The van der Waals surface area contributed by atoms with Gasteiger partial charge in [0.05, 0.1) is 6.04 Å². The number of aliphatic carboxylic acids is 2. The molecule has 4 atom stereocenters. The second-order valence-corrected chi connectivity index (χ2v) is 7.55. The SMILES string of the molecule is CCC(C)[C@H](N)C(=O)[C@](N)(CSSC[C@H](N)C(=O)O)C(=O)O. The summed E-state index contributed by atoms with van der Waals surface area (Å²) in [5, 5.41) is 17.9. The highest BCUT2D eigenvalue weighted by molar-refractivity contribution is 8.76. The Bertz CT molecular complexity index is 424. The smallest absolute Gasteiger partial charge is 0.332 e. The molecule has 0 aromatic rings. The van der Waals surface area contributed by atoms with Crippen molar-refractivity contribution in [3.8, 4) is 0 Å². The van der Waals surface area contributed by atoms with Gasteiger partial charge in [-0.05, 0) is 5.92 Å². The molecule has 0 radical (unpaired) electrons. The number of hydrogen-bond acceptors (Lipinski definition) is 8. The number of rotatable bonds is 11. The average Bonchev–Trinajstić information content (AvgIpc) is 2.48. The van der Waals surface area contributed by atoms with E-state index in [2.05, 4.69) is 0 Å². The van der Waals surface area contributed by atoms with Crippen molar-refractivity contribution in [2.75, 3.05) is 11.5 Å². The van der Waals surface area contributed by atoms with Gasteiger partial charge in [0.25, 0.3) is 0 Å². The molecule has 0 aromatic carbocycles. The Balaban J connectivity index is 4.73. The number of carbonyl (C=O) groups is 3. The summed E-state index contributed by atoms with van der Waals surface area (Å²) in [4.78, 5) is 34.2. The molecule has 0 saturated carbocycles. The van der Waals surface area contributed by atoms with Crippen LogP contribution < -0.4 is 17.2 Å². The zero-order valence-electron chi connectivity index (χ0n) is 12.5. The average molecular weight is 353 g/mol. The molecule has 8 nitrogen and oxygen atoms in total. The lowest BCUT2D eigenvalue weighted by Gasteiger charge is -2.28. The molecule has 0 amide bonds. The Morgan fingerprint density at radius 1 is 1.18 bits per heavy atom. The maximum atomic E-state index is 12.3. The van der Waals surface area contributed by atoms with Gasteiger partial charge in [0.15, 0.2) is 11.3 Å². The summed E-state index contributed by atoms with van der Waals surface area (Å²) in [6, 6.07) is -2.02. The Morgan fingerprint density at radius 3 is 2.14 bits per heavy atom. The van der Waals surface area contributed by atoms with Gasteiger partial charge in [-0.1, -0.05) is 41.9 Å². The largest absolute Gasteiger partial charge is 0.480 e. The fourth-order valence-electron chi connectivity index (χ4n) is 1.38. The first-order valence-electron chi connectivity index (χ1n) is 6.62. The number of Topliss-reactive ketones (excluding diaryl/α,β-unsaturated/α-hetero) is 1. The zero-order valence-corrected chi connectivity index (χ0v) is 14.2. The number of carboxylic acids is 2. The number of ketones is 1. The molecular weight excluding hydrogens is 330 g/mol. The second-order valence-electron chi connectivity index (χ2n) is 5.04. The van der Waals surface area contributed by atoms with E-state index in [1.165, 1.54) is 0 Å². The van der Waals surface area contributed by atoms with Gasteiger partial charge in [-0.3, -0.25) is 9.59 Å². The third-order valence-electron chi connectivity index (χ3n) is 3.32. The first kappa shape index (κ1) is 21.2. The van der Waals surface area contributed by atoms with Crippen molar-refractivity contribution in [3.63, 3.8) is 0 Å². The third kappa shape index (κ3) is 5.76. The molecule has 0 heterocycles. The Hall–Kier alpha value is -0.810. The lowest BCUT2D eigenvalue weighted by molar-refractivity contribution is -0.148. The molecule has 8 N–H and O–H groups in total. The number of carboxylic acid groups (broad SMARTS) is 2. The predicted molar refractivity (Wildman–Crippen MR) is 87.5 cm³/mol. The highest BCUT2D eigenvalue weighted by Crippen LogP contribution is 2.27. The summed E-state index contributed by atoms with van der Waals surface area (Å²) in [6.45, 7) is 3.59. The van der Waals surface area contributed by atoms with E-state index in [0.717, 1.165) is 21.6 Å². The Labute approximate surface area is 136 Å². The second kappa shape index (κ2) is 9.36. The lowest BCUT2D eigenvalue weighted by Crippen LogP contribution is -2.63. The first-order chi connectivity index (χ1) is 10.1. The van der Waals surface area contributed by atoms with Crippen molar-refractivity contribution in [1.29, 1.82) is 0 Å². The molecular formula is C12H23N3O5S2. The summed E-state index contributed by atoms with van der Waals surface area (Å²) in [5.41, 5.74) is 14.7. The fraction of sp³-hybridized carbons (Fsp3) is 0.750. The topological polar surface area (TPSA) is 170 Å². The van der Waals surface area contributed by atoms with Gasteiger partial charge in [0, 0.05) is 11.5 Å². The van der Waals surface area contributed by atoms with E-state index < -0.39 is 35.3 Å². The molecule has 0 aromatic heterocycles. The highest BCUT2D eigenvalue weighted by Gasteiger charge is 2.45. The van der Waals surface area contributed by atoms with Crippen molar-refractivity contribution in [1.82, 2.24) is 0 Å². The third-order valence-corrected chi connectivity index (χ3v) is 5.81. The van der Waals surface area contributed by atoms with E-state index in [9.17, 15) is 19.5 Å². The highest BCUT2D eigenvalue weighted by atomic mass is 33.1. The van der Waals surface area contributed by atoms with Crippen LogP contribution in [0, 0.1) is 5.92 Å². The molecule has 128 valence electrons. The monoisotopic (exact) mass is 353 g/mol. The molecule has 0 fully saturated rings. The van der Waals surface area contributed by atoms with E-state index in [4.69, 9.17) is 22.3 Å². The predicted octanol–water partition coefficient (Wildman–Crippen LogP) is -0.496. The standard InChI is InChI=1S/C12H23N3O5S2/c1-3-6(2)8(14)9(16)12(15,11(19)20)5-22-21-4-7(13)10(17)18/h6-8H,3-5,13-15H2,1-2H3,(H,17,18)(H,19,20)/t6?,7-,8-,12+/m0/s1. The quantitative estimate of drug-likeness (QED) is 0.185. The molecule has 0 rings (SSSR count). The van der Waals surface area contributed by atoms with Crippen molar-refractivity contribution < 1.29 is 24.6 Å². The molecule has 0 spiro atoms. The number of carbonyl (C=O) groups excluding carboxylic acids is 1. The van der Waals surface area contributed by atoms with Crippen LogP contribution in [0.2, 0.25) is 0 Å². The van der Waals surface area contributed by atoms with Crippen LogP contribution in [-0.4, -0.2) is 57.1 Å². The van der Waals surface area contributed by atoms with E-state index >= 15 is 0 Å². The zero-order chi connectivity index (χ0) is 17.5. The summed E-state index contributed by atoms with van der Waals surface area (Å²) in [6.07, 6.45) is 0.623. The van der Waals surface area contributed by atoms with Gasteiger partial charge in [-0.15, -0.1) is 0 Å². The van der Waals surface area contributed by atoms with E-state index in [-0.39, 0.29) is 17.4 Å². The van der Waals surface area contributed by atoms with Gasteiger partial charge >= 0.3 is 11.9 Å². The maximum absolute atomic E-state index is 12.3. The van der Waals surface area contributed by atoms with E-state index in [0.29, 0.717) is 6.42 Å². The minimum Gasteiger partial charge on any atom is -0.480 e. The van der Waals surface area contributed by atoms with Gasteiger partial charge in [-0.25, -0.2) is 4.79 Å². The van der Waals surface area contributed by atoms with Gasteiger partial charge in [0.2, 0.25) is 0 Å². The first-order valence-corrected chi connectivity index (χ1v) is 9.11. The van der Waals surface area contributed by atoms with Gasteiger partial charge in [0.1, 0.15) is 6.04 Å². The molecule has 0 aliphatic carbocycles. The molecule has 0 aliphatic rings. The van der Waals surface area contributed by atoms with Crippen molar-refractivity contribution in [2.24, 2.45) is 23.1 Å². The van der Waals surface area contributed by atoms with Crippen LogP contribution in [0.4, 0.5) is 0 Å². The van der Waals surface area contributed by atoms with Gasteiger partial charge in [-0.2, -0.15) is 0 Å². The van der Waals surface area contributed by atoms with Gasteiger partial charge < -0.3 is 27.4 Å². The van der Waals surface area contributed by atoms with Crippen LogP contribution in [-0.2, 0) is 14.4 Å². The normalized spacial score (nSPS) is 18.0. The van der Waals surface area contributed by atoms with Crippen LogP contribution in [0.25, 0.3) is 0 Å². The van der Waals surface area contributed by atoms with Crippen molar-refractivity contribution >= 4 is 39.3 Å². The molecule has 10 heteroatoms. The molecule has 0 aliphatic heterocycles. The molecule has 1 unspecified atom stereocenters. The molecule has 22 heavy (non-hydrogen) atoms. The molecule has 0 saturated heterocycles. The number of hydrogen-bond donors (Lipinski definition) is 5.